The Morgan fingerprint density at radius 3 is 2.65 bits per heavy atom. The van der Waals surface area contributed by atoms with Crippen LogP contribution < -0.4 is 0 Å². The second-order valence-corrected chi connectivity index (χ2v) is 5.78. The molecule has 1 unspecified atom stereocenters. The van der Waals surface area contributed by atoms with Gasteiger partial charge in [-0.25, -0.2) is 0 Å². The highest BCUT2D eigenvalue weighted by molar-refractivity contribution is 5.99. The van der Waals surface area contributed by atoms with Gasteiger partial charge in [0.15, 0.2) is 5.78 Å². The Morgan fingerprint density at radius 2 is 1.95 bits per heavy atom. The summed E-state index contributed by atoms with van der Waals surface area (Å²) < 4.78 is 5.50. The van der Waals surface area contributed by atoms with Gasteiger partial charge in [0.1, 0.15) is 0 Å². The Labute approximate surface area is 121 Å². The quantitative estimate of drug-likeness (QED) is 0.791. The van der Waals surface area contributed by atoms with Crippen LogP contribution in [0.5, 0.6) is 0 Å². The topological polar surface area (TPSA) is 29.5 Å². The summed E-state index contributed by atoms with van der Waals surface area (Å²) in [5.41, 5.74) is 4.39. The first-order valence-electron chi connectivity index (χ1n) is 7.45. The molecule has 0 radical (unpaired) electrons. The third-order valence-electron chi connectivity index (χ3n) is 4.31. The molecule has 0 amide bonds. The van der Waals surface area contributed by atoms with E-state index in [1.165, 1.54) is 11.1 Å². The summed E-state index contributed by atoms with van der Waals surface area (Å²) in [7, 11) is 0. The van der Waals surface area contributed by atoms with Crippen LogP contribution in [0.2, 0.25) is 0 Å². The normalized spacial score (nSPS) is 20.1. The molecule has 0 saturated carbocycles. The van der Waals surface area contributed by atoms with Gasteiger partial charge >= 0.3 is 0 Å². The van der Waals surface area contributed by atoms with Crippen LogP contribution in [0.25, 0.3) is 0 Å². The number of ether oxygens (including phenoxy) is 1. The predicted octanol–water partition coefficient (Wildman–Crippen LogP) is 2.91. The lowest BCUT2D eigenvalue weighted by Gasteiger charge is -2.34. The number of hydrogen-bond donors (Lipinski definition) is 0. The number of rotatable bonds is 4. The Hall–Kier alpha value is -1.19. The van der Waals surface area contributed by atoms with Crippen molar-refractivity contribution in [3.63, 3.8) is 0 Å². The molecular formula is C17H25NO2. The van der Waals surface area contributed by atoms with E-state index in [4.69, 9.17) is 4.74 Å². The molecule has 1 aliphatic rings. The van der Waals surface area contributed by atoms with Crippen LogP contribution in [0, 0.1) is 20.8 Å². The van der Waals surface area contributed by atoms with Gasteiger partial charge in [0.05, 0.1) is 19.8 Å². The van der Waals surface area contributed by atoms with Crippen molar-refractivity contribution in [2.45, 2.75) is 40.2 Å². The van der Waals surface area contributed by atoms with Gasteiger partial charge in [0, 0.05) is 18.2 Å². The van der Waals surface area contributed by atoms with Gasteiger partial charge in [0.2, 0.25) is 0 Å². The lowest BCUT2D eigenvalue weighted by molar-refractivity contribution is -0.00586. The van der Waals surface area contributed by atoms with Crippen molar-refractivity contribution in [1.29, 1.82) is 0 Å². The van der Waals surface area contributed by atoms with Crippen molar-refractivity contribution in [3.8, 4) is 0 Å². The molecule has 0 bridgehead atoms. The number of carbonyl (C=O) groups is 1. The van der Waals surface area contributed by atoms with Gasteiger partial charge in [-0.15, -0.1) is 0 Å². The van der Waals surface area contributed by atoms with Crippen LogP contribution in [0.4, 0.5) is 0 Å². The van der Waals surface area contributed by atoms with Crippen molar-refractivity contribution in [1.82, 2.24) is 4.90 Å². The highest BCUT2D eigenvalue weighted by Gasteiger charge is 2.24. The van der Waals surface area contributed by atoms with Crippen LogP contribution in [0.3, 0.4) is 0 Å². The molecule has 1 aromatic carbocycles. The maximum Gasteiger partial charge on any atom is 0.177 e. The second-order valence-electron chi connectivity index (χ2n) is 5.78. The van der Waals surface area contributed by atoms with E-state index >= 15 is 0 Å². The molecule has 1 heterocycles. The molecule has 1 atom stereocenters. The first-order chi connectivity index (χ1) is 9.52. The van der Waals surface area contributed by atoms with Gasteiger partial charge in [0.25, 0.3) is 0 Å². The zero-order valence-electron chi connectivity index (χ0n) is 13.0. The van der Waals surface area contributed by atoms with E-state index in [2.05, 4.69) is 31.7 Å². The number of hydrogen-bond acceptors (Lipinski definition) is 3. The summed E-state index contributed by atoms with van der Waals surface area (Å²) in [6, 6.07) is 4.52. The van der Waals surface area contributed by atoms with Crippen LogP contribution in [0.1, 0.15) is 40.4 Å². The minimum atomic E-state index is 0.228. The van der Waals surface area contributed by atoms with Crippen molar-refractivity contribution in [3.05, 3.63) is 34.4 Å². The fraction of sp³-hybridized carbons (Fsp3) is 0.588. The maximum atomic E-state index is 12.6. The second kappa shape index (κ2) is 6.51. The number of morpholine rings is 1. The molecule has 1 aliphatic heterocycles. The molecular weight excluding hydrogens is 250 g/mol. The highest BCUT2D eigenvalue weighted by Crippen LogP contribution is 2.18. The lowest BCUT2D eigenvalue weighted by Crippen LogP contribution is -2.47. The zero-order valence-corrected chi connectivity index (χ0v) is 13.0. The molecule has 0 spiro atoms. The molecule has 0 aliphatic carbocycles. The van der Waals surface area contributed by atoms with Crippen molar-refractivity contribution < 1.29 is 9.53 Å². The van der Waals surface area contributed by atoms with E-state index in [1.807, 2.05) is 13.0 Å². The van der Waals surface area contributed by atoms with Gasteiger partial charge < -0.3 is 4.74 Å². The summed E-state index contributed by atoms with van der Waals surface area (Å²) in [5.74, 6) is 0.228. The first-order valence-corrected chi connectivity index (χ1v) is 7.45. The first kappa shape index (κ1) is 15.2. The summed E-state index contributed by atoms with van der Waals surface area (Å²) in [6.07, 6.45) is 1.03. The smallest absolute Gasteiger partial charge is 0.177 e. The minimum Gasteiger partial charge on any atom is -0.378 e. The zero-order chi connectivity index (χ0) is 14.7. The largest absolute Gasteiger partial charge is 0.378 e. The Balaban J connectivity index is 2.13. The number of nitrogens with zero attached hydrogens (tertiary/aromatic N) is 1. The monoisotopic (exact) mass is 275 g/mol. The molecule has 3 nitrogen and oxygen atoms in total. The standard InChI is InChI=1S/C17H25NO2/c1-5-15-11-20-7-6-18(15)10-17(19)16-9-13(3)12(2)8-14(16)4/h8-9,15H,5-7,10-11H2,1-4H3. The van der Waals surface area contributed by atoms with Crippen LogP contribution in [0.15, 0.2) is 12.1 Å². The summed E-state index contributed by atoms with van der Waals surface area (Å²) in [4.78, 5) is 14.8. The number of ketones is 1. The van der Waals surface area contributed by atoms with E-state index in [-0.39, 0.29) is 5.78 Å². The van der Waals surface area contributed by atoms with E-state index in [1.54, 1.807) is 0 Å². The molecule has 20 heavy (non-hydrogen) atoms. The third-order valence-corrected chi connectivity index (χ3v) is 4.31. The Morgan fingerprint density at radius 1 is 1.25 bits per heavy atom. The highest BCUT2D eigenvalue weighted by atomic mass is 16.5. The molecule has 1 aromatic rings. The van der Waals surface area contributed by atoms with Gasteiger partial charge in [-0.05, 0) is 49.9 Å². The van der Waals surface area contributed by atoms with E-state index in [9.17, 15) is 4.79 Å². The van der Waals surface area contributed by atoms with Crippen molar-refractivity contribution >= 4 is 5.78 Å². The lowest BCUT2D eigenvalue weighted by atomic mass is 9.97. The van der Waals surface area contributed by atoms with Gasteiger partial charge in [-0.2, -0.15) is 0 Å². The fourth-order valence-electron chi connectivity index (χ4n) is 2.80. The molecule has 110 valence electrons. The van der Waals surface area contributed by atoms with Gasteiger partial charge in [-0.3, -0.25) is 9.69 Å². The van der Waals surface area contributed by atoms with Gasteiger partial charge in [-0.1, -0.05) is 13.0 Å². The molecule has 0 N–H and O–H groups in total. The Bertz CT molecular complexity index is 496. The van der Waals surface area contributed by atoms with Crippen LogP contribution in [-0.2, 0) is 4.74 Å². The summed E-state index contributed by atoms with van der Waals surface area (Å²) in [5, 5.41) is 0. The number of carbonyl (C=O) groups excluding carboxylic acids is 1. The van der Waals surface area contributed by atoms with Crippen molar-refractivity contribution in [2.24, 2.45) is 0 Å². The molecule has 1 fully saturated rings. The van der Waals surface area contributed by atoms with E-state index in [0.29, 0.717) is 12.6 Å². The molecule has 2 rings (SSSR count). The average molecular weight is 275 g/mol. The summed E-state index contributed by atoms with van der Waals surface area (Å²) in [6.45, 7) is 11.2. The van der Waals surface area contributed by atoms with Crippen LogP contribution in [-0.4, -0.2) is 43.0 Å². The van der Waals surface area contributed by atoms with E-state index in [0.717, 1.165) is 37.3 Å². The van der Waals surface area contributed by atoms with Crippen molar-refractivity contribution in [2.75, 3.05) is 26.3 Å². The third kappa shape index (κ3) is 3.28. The predicted molar refractivity (Wildman–Crippen MR) is 81.5 cm³/mol. The number of benzene rings is 1. The minimum absolute atomic E-state index is 0.228. The van der Waals surface area contributed by atoms with Crippen LogP contribution >= 0.6 is 0 Å². The number of Topliss-reactive ketones (excluding diaryl/α,β-unsaturated/α-hetero) is 1. The summed E-state index contributed by atoms with van der Waals surface area (Å²) >= 11 is 0. The Kier molecular flexibility index (Phi) is 4.95. The SMILES string of the molecule is CCC1COCCN1CC(=O)c1cc(C)c(C)cc1C. The van der Waals surface area contributed by atoms with E-state index < -0.39 is 0 Å². The fourth-order valence-corrected chi connectivity index (χ4v) is 2.80. The molecule has 3 heteroatoms. The molecule has 0 aromatic heterocycles. The molecule has 1 saturated heterocycles. The number of aryl methyl sites for hydroxylation is 3. The average Bonchev–Trinajstić information content (AvgIpc) is 2.43. The maximum absolute atomic E-state index is 12.6.